The minimum Gasteiger partial charge on any atom is -0.443 e. The lowest BCUT2D eigenvalue weighted by atomic mass is 9.94. The van der Waals surface area contributed by atoms with Crippen molar-refractivity contribution in [1.82, 2.24) is 20.3 Å². The minimum atomic E-state index is -3.17. The number of rotatable bonds is 7. The zero-order valence-electron chi connectivity index (χ0n) is 14.4. The third kappa shape index (κ3) is 7.00. The smallest absolute Gasteiger partial charge is 0.213 e. The lowest BCUT2D eigenvalue weighted by Gasteiger charge is -2.13. The molecular formula is C14H27N5O3S. The van der Waals surface area contributed by atoms with Crippen LogP contribution in [0, 0.1) is 0 Å². The van der Waals surface area contributed by atoms with Gasteiger partial charge in [-0.3, -0.25) is 4.99 Å². The molecule has 1 rings (SSSR count). The van der Waals surface area contributed by atoms with Crippen LogP contribution in [-0.4, -0.2) is 45.3 Å². The van der Waals surface area contributed by atoms with E-state index in [1.165, 1.54) is 0 Å². The summed E-state index contributed by atoms with van der Waals surface area (Å²) in [6, 6.07) is 0. The second kappa shape index (κ2) is 8.30. The van der Waals surface area contributed by atoms with Gasteiger partial charge in [0.15, 0.2) is 5.96 Å². The standard InChI is InChI=1S/C14H27N5O3S/c1-6-23(20,21)19-8-7-16-13(15-5)18-10-12-17-9-11(22-12)14(2,3)4/h9,19H,6-8,10H2,1-5H3,(H2,15,16,18). The molecule has 132 valence electrons. The summed E-state index contributed by atoms with van der Waals surface area (Å²) < 4.78 is 30.8. The van der Waals surface area contributed by atoms with Crippen LogP contribution >= 0.6 is 0 Å². The summed E-state index contributed by atoms with van der Waals surface area (Å²) in [5.41, 5.74) is -0.0817. The molecule has 0 unspecified atom stereocenters. The maximum Gasteiger partial charge on any atom is 0.213 e. The Kier molecular flexibility index (Phi) is 7.01. The average Bonchev–Trinajstić information content (AvgIpc) is 2.95. The van der Waals surface area contributed by atoms with Gasteiger partial charge in [-0.1, -0.05) is 20.8 Å². The van der Waals surface area contributed by atoms with Crippen LogP contribution in [0.25, 0.3) is 0 Å². The Morgan fingerprint density at radius 3 is 2.52 bits per heavy atom. The zero-order valence-corrected chi connectivity index (χ0v) is 15.2. The maximum absolute atomic E-state index is 11.3. The van der Waals surface area contributed by atoms with Gasteiger partial charge in [-0.15, -0.1) is 0 Å². The zero-order chi connectivity index (χ0) is 17.5. The van der Waals surface area contributed by atoms with E-state index in [-0.39, 0.29) is 11.2 Å². The molecular weight excluding hydrogens is 318 g/mol. The van der Waals surface area contributed by atoms with E-state index >= 15 is 0 Å². The highest BCUT2D eigenvalue weighted by Crippen LogP contribution is 2.22. The molecule has 1 aromatic heterocycles. The number of hydrogen-bond donors (Lipinski definition) is 3. The van der Waals surface area contributed by atoms with Gasteiger partial charge in [0.05, 0.1) is 18.5 Å². The Bertz CT molecular complexity index is 617. The van der Waals surface area contributed by atoms with Crippen LogP contribution in [0.15, 0.2) is 15.6 Å². The van der Waals surface area contributed by atoms with Crippen molar-refractivity contribution in [2.75, 3.05) is 25.9 Å². The number of nitrogens with one attached hydrogen (secondary N) is 3. The molecule has 1 aromatic rings. The Hall–Kier alpha value is -1.61. The molecule has 0 aliphatic heterocycles. The van der Waals surface area contributed by atoms with Crippen LogP contribution in [0.3, 0.4) is 0 Å². The van der Waals surface area contributed by atoms with Gasteiger partial charge in [-0.05, 0) is 6.92 Å². The number of nitrogens with zero attached hydrogens (tertiary/aromatic N) is 2. The lowest BCUT2D eigenvalue weighted by molar-refractivity contribution is 0.379. The van der Waals surface area contributed by atoms with Crippen LogP contribution in [-0.2, 0) is 22.0 Å². The molecule has 0 saturated heterocycles. The fourth-order valence-corrected chi connectivity index (χ4v) is 2.23. The highest BCUT2D eigenvalue weighted by Gasteiger charge is 2.19. The van der Waals surface area contributed by atoms with E-state index in [2.05, 4.69) is 46.1 Å². The molecule has 0 aliphatic rings. The molecule has 0 aliphatic carbocycles. The predicted molar refractivity (Wildman–Crippen MR) is 90.9 cm³/mol. The monoisotopic (exact) mass is 345 g/mol. The van der Waals surface area contributed by atoms with Gasteiger partial charge in [-0.25, -0.2) is 18.1 Å². The second-order valence-electron chi connectivity index (χ2n) is 6.02. The van der Waals surface area contributed by atoms with Crippen molar-refractivity contribution in [3.8, 4) is 0 Å². The quantitative estimate of drug-likeness (QED) is 0.379. The summed E-state index contributed by atoms with van der Waals surface area (Å²) >= 11 is 0. The van der Waals surface area contributed by atoms with Crippen molar-refractivity contribution < 1.29 is 12.8 Å². The molecule has 0 saturated carbocycles. The maximum atomic E-state index is 11.3. The topological polar surface area (TPSA) is 109 Å². The van der Waals surface area contributed by atoms with E-state index < -0.39 is 10.0 Å². The van der Waals surface area contributed by atoms with Gasteiger partial charge in [0.2, 0.25) is 15.9 Å². The molecule has 0 radical (unpaired) electrons. The predicted octanol–water partition coefficient (Wildman–Crippen LogP) is 0.576. The molecule has 9 heteroatoms. The van der Waals surface area contributed by atoms with E-state index in [0.717, 1.165) is 5.76 Å². The SMILES string of the molecule is CCS(=O)(=O)NCCNC(=NC)NCc1ncc(C(C)(C)C)o1. The lowest BCUT2D eigenvalue weighted by Crippen LogP contribution is -2.41. The molecule has 1 heterocycles. The Balaban J connectivity index is 2.39. The van der Waals surface area contributed by atoms with Gasteiger partial charge in [0, 0.05) is 25.6 Å². The highest BCUT2D eigenvalue weighted by atomic mass is 32.2. The third-order valence-electron chi connectivity index (χ3n) is 3.04. The molecule has 0 spiro atoms. The van der Waals surface area contributed by atoms with Crippen molar-refractivity contribution in [1.29, 1.82) is 0 Å². The second-order valence-corrected chi connectivity index (χ2v) is 8.11. The van der Waals surface area contributed by atoms with Crippen LogP contribution in [0.4, 0.5) is 0 Å². The van der Waals surface area contributed by atoms with Gasteiger partial charge >= 0.3 is 0 Å². The Morgan fingerprint density at radius 2 is 2.00 bits per heavy atom. The summed E-state index contributed by atoms with van der Waals surface area (Å²) in [4.78, 5) is 8.29. The summed E-state index contributed by atoms with van der Waals surface area (Å²) in [6.45, 7) is 8.89. The third-order valence-corrected chi connectivity index (χ3v) is 4.45. The van der Waals surface area contributed by atoms with Gasteiger partial charge in [0.25, 0.3) is 0 Å². The van der Waals surface area contributed by atoms with Crippen molar-refractivity contribution in [2.24, 2.45) is 4.99 Å². The van der Waals surface area contributed by atoms with Crippen LogP contribution in [0.2, 0.25) is 0 Å². The summed E-state index contributed by atoms with van der Waals surface area (Å²) in [6.07, 6.45) is 1.73. The number of aliphatic imine (C=N–C) groups is 1. The van der Waals surface area contributed by atoms with Crippen LogP contribution < -0.4 is 15.4 Å². The normalized spacial score (nSPS) is 13.2. The molecule has 0 bridgehead atoms. The first-order chi connectivity index (χ1) is 10.7. The van der Waals surface area contributed by atoms with E-state index in [0.29, 0.717) is 31.5 Å². The van der Waals surface area contributed by atoms with Crippen LogP contribution in [0.5, 0.6) is 0 Å². The van der Waals surface area contributed by atoms with Gasteiger partial charge < -0.3 is 15.1 Å². The Labute approximate surface area is 138 Å². The van der Waals surface area contributed by atoms with E-state index in [4.69, 9.17) is 4.42 Å². The summed E-state index contributed by atoms with van der Waals surface area (Å²) in [5, 5.41) is 6.08. The van der Waals surface area contributed by atoms with E-state index in [1.807, 2.05) is 0 Å². The largest absolute Gasteiger partial charge is 0.443 e. The summed E-state index contributed by atoms with van der Waals surface area (Å²) in [5.74, 6) is 2.02. The van der Waals surface area contributed by atoms with Crippen molar-refractivity contribution in [3.05, 3.63) is 17.8 Å². The fraction of sp³-hybridized carbons (Fsp3) is 0.714. The number of hydrogen-bond acceptors (Lipinski definition) is 5. The van der Waals surface area contributed by atoms with Crippen molar-refractivity contribution in [3.63, 3.8) is 0 Å². The van der Waals surface area contributed by atoms with Crippen LogP contribution in [0.1, 0.15) is 39.3 Å². The van der Waals surface area contributed by atoms with Crippen molar-refractivity contribution in [2.45, 2.75) is 39.7 Å². The van der Waals surface area contributed by atoms with Gasteiger partial charge in [-0.2, -0.15) is 0 Å². The molecule has 0 fully saturated rings. The number of oxazole rings is 1. The molecule has 0 atom stereocenters. The molecule has 0 amide bonds. The molecule has 0 aromatic carbocycles. The first kappa shape index (κ1) is 19.4. The Morgan fingerprint density at radius 1 is 1.30 bits per heavy atom. The highest BCUT2D eigenvalue weighted by molar-refractivity contribution is 7.89. The summed E-state index contributed by atoms with van der Waals surface area (Å²) in [7, 11) is -1.53. The first-order valence-corrected chi connectivity index (χ1v) is 9.20. The van der Waals surface area contributed by atoms with E-state index in [9.17, 15) is 8.42 Å². The first-order valence-electron chi connectivity index (χ1n) is 7.55. The average molecular weight is 345 g/mol. The molecule has 8 nitrogen and oxygen atoms in total. The van der Waals surface area contributed by atoms with Crippen molar-refractivity contribution >= 4 is 16.0 Å². The van der Waals surface area contributed by atoms with E-state index in [1.54, 1.807) is 20.2 Å². The fourth-order valence-electron chi connectivity index (χ4n) is 1.61. The molecule has 3 N–H and O–H groups in total. The minimum absolute atomic E-state index is 0.0697. The number of aromatic nitrogens is 1. The number of guanidine groups is 1. The van der Waals surface area contributed by atoms with Gasteiger partial charge in [0.1, 0.15) is 5.76 Å². The molecule has 23 heavy (non-hydrogen) atoms. The number of sulfonamides is 1.